The summed E-state index contributed by atoms with van der Waals surface area (Å²) in [4.78, 5) is 12.1. The Bertz CT molecular complexity index is 685. The average molecular weight is 298 g/mol. The molecule has 2 aromatic rings. The number of carbonyl (C=O) groups excluding carboxylic acids is 1. The van der Waals surface area contributed by atoms with Crippen molar-refractivity contribution in [2.45, 2.75) is 32.9 Å². The first kappa shape index (κ1) is 15.7. The van der Waals surface area contributed by atoms with E-state index in [1.54, 1.807) is 32.0 Å². The van der Waals surface area contributed by atoms with Crippen LogP contribution in [0.15, 0.2) is 34.9 Å². The molecular weight excluding hydrogens is 280 g/mol. The van der Waals surface area contributed by atoms with Crippen molar-refractivity contribution in [3.05, 3.63) is 47.2 Å². The molecule has 0 fully saturated rings. The second-order valence-corrected chi connectivity index (χ2v) is 5.17. The van der Waals surface area contributed by atoms with Crippen molar-refractivity contribution >= 4 is 11.8 Å². The Balaban J connectivity index is 1.93. The first-order chi connectivity index (χ1) is 10.5. The fraction of sp³-hybridized carbons (Fsp3) is 0.312. The first-order valence-electron chi connectivity index (χ1n) is 7.00. The number of carbonyl (C=O) groups is 1. The van der Waals surface area contributed by atoms with Crippen LogP contribution < -0.4 is 10.6 Å². The molecule has 0 aliphatic carbocycles. The van der Waals surface area contributed by atoms with Gasteiger partial charge in [0.1, 0.15) is 0 Å². The molecule has 22 heavy (non-hydrogen) atoms. The number of hydrogen-bond acceptors (Lipinski definition) is 5. The standard InChI is InChI=1S/C16H18N4O2/c1-10-8-15(22-20-10)19-16(21)12(3)18-11(2)14-6-4-13(9-17)5-7-14/h4-8,11-12,18H,1-3H3,(H,19,21)/t11-,12+/m1/s1. The van der Waals surface area contributed by atoms with Gasteiger partial charge in [-0.25, -0.2) is 0 Å². The van der Waals surface area contributed by atoms with Crippen LogP contribution in [0.25, 0.3) is 0 Å². The number of nitrogens with one attached hydrogen (secondary N) is 2. The molecule has 0 aliphatic heterocycles. The van der Waals surface area contributed by atoms with Crippen molar-refractivity contribution in [2.75, 3.05) is 5.32 Å². The third kappa shape index (κ3) is 3.93. The Hall–Kier alpha value is -2.65. The zero-order valence-electron chi connectivity index (χ0n) is 12.8. The summed E-state index contributed by atoms with van der Waals surface area (Å²) in [6.45, 7) is 5.52. The number of aryl methyl sites for hydroxylation is 1. The van der Waals surface area contributed by atoms with Gasteiger partial charge in [0.15, 0.2) is 0 Å². The van der Waals surface area contributed by atoms with Gasteiger partial charge in [0, 0.05) is 12.1 Å². The average Bonchev–Trinajstić information content (AvgIpc) is 2.92. The van der Waals surface area contributed by atoms with Crippen molar-refractivity contribution in [2.24, 2.45) is 0 Å². The van der Waals surface area contributed by atoms with Gasteiger partial charge in [-0.05, 0) is 38.5 Å². The Labute approximate surface area is 129 Å². The molecule has 6 heteroatoms. The maximum atomic E-state index is 12.1. The van der Waals surface area contributed by atoms with Crippen LogP contribution in [0.5, 0.6) is 0 Å². The lowest BCUT2D eigenvalue weighted by atomic mass is 10.1. The number of rotatable bonds is 5. The molecule has 0 bridgehead atoms. The van der Waals surface area contributed by atoms with Gasteiger partial charge >= 0.3 is 0 Å². The summed E-state index contributed by atoms with van der Waals surface area (Å²) < 4.78 is 4.96. The van der Waals surface area contributed by atoms with Crippen LogP contribution in [-0.2, 0) is 4.79 Å². The molecular formula is C16H18N4O2. The van der Waals surface area contributed by atoms with Crippen molar-refractivity contribution in [3.63, 3.8) is 0 Å². The Morgan fingerprint density at radius 3 is 2.55 bits per heavy atom. The van der Waals surface area contributed by atoms with Gasteiger partial charge < -0.3 is 4.52 Å². The van der Waals surface area contributed by atoms with Gasteiger partial charge in [0.2, 0.25) is 11.8 Å². The highest BCUT2D eigenvalue weighted by atomic mass is 16.5. The van der Waals surface area contributed by atoms with Crippen LogP contribution in [0.3, 0.4) is 0 Å². The van der Waals surface area contributed by atoms with Crippen molar-refractivity contribution in [1.82, 2.24) is 10.5 Å². The quantitative estimate of drug-likeness (QED) is 0.885. The van der Waals surface area contributed by atoms with E-state index in [0.717, 1.165) is 5.56 Å². The molecule has 0 saturated carbocycles. The van der Waals surface area contributed by atoms with Crippen molar-refractivity contribution in [1.29, 1.82) is 5.26 Å². The van der Waals surface area contributed by atoms with Gasteiger partial charge in [0.05, 0.1) is 23.4 Å². The van der Waals surface area contributed by atoms with Gasteiger partial charge in [-0.2, -0.15) is 5.26 Å². The van der Waals surface area contributed by atoms with Crippen molar-refractivity contribution < 1.29 is 9.32 Å². The molecule has 1 amide bonds. The van der Waals surface area contributed by atoms with Crippen LogP contribution in [0.2, 0.25) is 0 Å². The van der Waals surface area contributed by atoms with E-state index in [9.17, 15) is 4.79 Å². The van der Waals surface area contributed by atoms with Gasteiger partial charge in [-0.15, -0.1) is 0 Å². The summed E-state index contributed by atoms with van der Waals surface area (Å²) in [5.74, 6) is 0.138. The lowest BCUT2D eigenvalue weighted by Gasteiger charge is -2.19. The highest BCUT2D eigenvalue weighted by Gasteiger charge is 2.17. The number of hydrogen-bond donors (Lipinski definition) is 2. The molecule has 1 aromatic carbocycles. The number of amides is 1. The summed E-state index contributed by atoms with van der Waals surface area (Å²) in [5, 5.41) is 18.4. The predicted molar refractivity (Wildman–Crippen MR) is 82.0 cm³/mol. The summed E-state index contributed by atoms with van der Waals surface area (Å²) >= 11 is 0. The highest BCUT2D eigenvalue weighted by Crippen LogP contribution is 2.14. The normalized spacial score (nSPS) is 13.2. The van der Waals surface area contributed by atoms with E-state index >= 15 is 0 Å². The minimum absolute atomic E-state index is 0.0232. The largest absolute Gasteiger partial charge is 0.338 e. The van der Waals surface area contributed by atoms with E-state index in [2.05, 4.69) is 21.9 Å². The molecule has 2 atom stereocenters. The van der Waals surface area contributed by atoms with E-state index in [4.69, 9.17) is 9.78 Å². The predicted octanol–water partition coefficient (Wildman–Crippen LogP) is 2.53. The monoisotopic (exact) mass is 298 g/mol. The van der Waals surface area contributed by atoms with Crippen LogP contribution in [0, 0.1) is 18.3 Å². The zero-order chi connectivity index (χ0) is 16.1. The molecule has 0 aliphatic rings. The summed E-state index contributed by atoms with van der Waals surface area (Å²) in [5.41, 5.74) is 2.33. The van der Waals surface area contributed by atoms with E-state index in [0.29, 0.717) is 17.1 Å². The second kappa shape index (κ2) is 6.87. The fourth-order valence-electron chi connectivity index (χ4n) is 2.05. The van der Waals surface area contributed by atoms with E-state index in [1.807, 2.05) is 19.1 Å². The minimum Gasteiger partial charge on any atom is -0.338 e. The Morgan fingerprint density at radius 1 is 1.32 bits per heavy atom. The smallest absolute Gasteiger partial charge is 0.243 e. The number of anilines is 1. The van der Waals surface area contributed by atoms with Crippen LogP contribution in [0.1, 0.15) is 36.7 Å². The Morgan fingerprint density at radius 2 is 2.00 bits per heavy atom. The van der Waals surface area contributed by atoms with E-state index < -0.39 is 6.04 Å². The third-order valence-corrected chi connectivity index (χ3v) is 3.31. The molecule has 1 aromatic heterocycles. The number of nitriles is 1. The van der Waals surface area contributed by atoms with Gasteiger partial charge in [-0.3, -0.25) is 15.4 Å². The first-order valence-corrected chi connectivity index (χ1v) is 7.00. The molecule has 114 valence electrons. The van der Waals surface area contributed by atoms with Crippen molar-refractivity contribution in [3.8, 4) is 6.07 Å². The number of benzene rings is 1. The Kier molecular flexibility index (Phi) is 4.92. The molecule has 0 unspecified atom stereocenters. The molecule has 0 saturated heterocycles. The van der Waals surface area contributed by atoms with Crippen LogP contribution in [0.4, 0.5) is 5.88 Å². The van der Waals surface area contributed by atoms with Crippen LogP contribution >= 0.6 is 0 Å². The highest BCUT2D eigenvalue weighted by molar-refractivity contribution is 5.93. The SMILES string of the molecule is Cc1cc(NC(=O)[C@H](C)N[C@H](C)c2ccc(C#N)cc2)on1. The summed E-state index contributed by atoms with van der Waals surface area (Å²) in [6.07, 6.45) is 0. The molecule has 0 radical (unpaired) electrons. The summed E-state index contributed by atoms with van der Waals surface area (Å²) in [6, 6.07) is 10.6. The number of aromatic nitrogens is 1. The second-order valence-electron chi connectivity index (χ2n) is 5.17. The maximum Gasteiger partial charge on any atom is 0.243 e. The maximum absolute atomic E-state index is 12.1. The molecule has 2 rings (SSSR count). The van der Waals surface area contributed by atoms with Gasteiger partial charge in [-0.1, -0.05) is 17.3 Å². The van der Waals surface area contributed by atoms with E-state index in [-0.39, 0.29) is 11.9 Å². The number of nitrogens with zero attached hydrogens (tertiary/aromatic N) is 2. The molecule has 6 nitrogen and oxygen atoms in total. The minimum atomic E-state index is -0.406. The molecule has 2 N–H and O–H groups in total. The fourth-order valence-corrected chi connectivity index (χ4v) is 2.05. The molecule has 0 spiro atoms. The molecule has 1 heterocycles. The zero-order valence-corrected chi connectivity index (χ0v) is 12.8. The summed E-state index contributed by atoms with van der Waals surface area (Å²) in [7, 11) is 0. The third-order valence-electron chi connectivity index (χ3n) is 3.31. The lowest BCUT2D eigenvalue weighted by Crippen LogP contribution is -2.39. The lowest BCUT2D eigenvalue weighted by molar-refractivity contribution is -0.118. The topological polar surface area (TPSA) is 91.0 Å². The van der Waals surface area contributed by atoms with Gasteiger partial charge in [0.25, 0.3) is 0 Å². The van der Waals surface area contributed by atoms with Crippen LogP contribution in [-0.4, -0.2) is 17.1 Å². The van der Waals surface area contributed by atoms with E-state index in [1.165, 1.54) is 0 Å².